The van der Waals surface area contributed by atoms with Gasteiger partial charge in [0.25, 0.3) is 0 Å². The normalized spacial score (nSPS) is 10.3. The minimum Gasteiger partial charge on any atom is -0.383 e. The predicted molar refractivity (Wildman–Crippen MR) is 66.3 cm³/mol. The number of aryl methyl sites for hydroxylation is 2. The standard InChI is InChI=1S/C13H13FN4/c1-8-3-4-9(11(14)5-8)6-12-10(7-15)13(16)18(2)17-12/h3-5H,6,16H2,1-2H3. The lowest BCUT2D eigenvalue weighted by atomic mass is 10.0. The Balaban J connectivity index is 2.41. The Kier molecular flexibility index (Phi) is 3.02. The van der Waals surface area contributed by atoms with Crippen molar-refractivity contribution < 1.29 is 4.39 Å². The summed E-state index contributed by atoms with van der Waals surface area (Å²) in [4.78, 5) is 0. The van der Waals surface area contributed by atoms with E-state index in [1.165, 1.54) is 10.7 Å². The van der Waals surface area contributed by atoms with E-state index in [4.69, 9.17) is 11.0 Å². The van der Waals surface area contributed by atoms with E-state index in [2.05, 4.69) is 5.10 Å². The average molecular weight is 244 g/mol. The number of halogens is 1. The number of nitrogens with two attached hydrogens (primary N) is 1. The molecular formula is C13H13FN4. The van der Waals surface area contributed by atoms with Gasteiger partial charge in [0, 0.05) is 13.5 Å². The highest BCUT2D eigenvalue weighted by molar-refractivity contribution is 5.53. The highest BCUT2D eigenvalue weighted by Gasteiger charge is 2.15. The van der Waals surface area contributed by atoms with Crippen LogP contribution in [-0.4, -0.2) is 9.78 Å². The van der Waals surface area contributed by atoms with E-state index in [-0.39, 0.29) is 12.2 Å². The maximum absolute atomic E-state index is 13.7. The van der Waals surface area contributed by atoms with Crippen molar-refractivity contribution in [2.24, 2.45) is 7.05 Å². The number of aromatic nitrogens is 2. The third-order valence-electron chi connectivity index (χ3n) is 2.84. The minimum atomic E-state index is -0.289. The van der Waals surface area contributed by atoms with Crippen molar-refractivity contribution in [3.05, 3.63) is 46.4 Å². The van der Waals surface area contributed by atoms with Crippen LogP contribution in [0.2, 0.25) is 0 Å². The van der Waals surface area contributed by atoms with Gasteiger partial charge in [0.05, 0.1) is 5.69 Å². The first-order valence-electron chi connectivity index (χ1n) is 5.49. The van der Waals surface area contributed by atoms with Gasteiger partial charge >= 0.3 is 0 Å². The molecule has 0 spiro atoms. The van der Waals surface area contributed by atoms with Gasteiger partial charge in [0.1, 0.15) is 23.3 Å². The summed E-state index contributed by atoms with van der Waals surface area (Å²) in [7, 11) is 1.66. The molecule has 2 aromatic rings. The Hall–Kier alpha value is -2.35. The number of benzene rings is 1. The molecule has 0 atom stereocenters. The Labute approximate surface area is 104 Å². The molecule has 0 radical (unpaired) electrons. The first-order valence-corrected chi connectivity index (χ1v) is 5.49. The summed E-state index contributed by atoms with van der Waals surface area (Å²) in [5.41, 5.74) is 7.90. The van der Waals surface area contributed by atoms with Gasteiger partial charge in [-0.25, -0.2) is 4.39 Å². The molecule has 4 nitrogen and oxygen atoms in total. The van der Waals surface area contributed by atoms with Crippen molar-refractivity contribution in [2.75, 3.05) is 5.73 Å². The smallest absolute Gasteiger partial charge is 0.139 e. The van der Waals surface area contributed by atoms with Gasteiger partial charge < -0.3 is 5.73 Å². The van der Waals surface area contributed by atoms with Crippen LogP contribution >= 0.6 is 0 Å². The van der Waals surface area contributed by atoms with Gasteiger partial charge in [-0.15, -0.1) is 0 Å². The molecule has 0 fully saturated rings. The fraction of sp³-hybridized carbons (Fsp3) is 0.231. The monoisotopic (exact) mass is 244 g/mol. The van der Waals surface area contributed by atoms with Crippen molar-refractivity contribution in [2.45, 2.75) is 13.3 Å². The van der Waals surface area contributed by atoms with Gasteiger partial charge in [-0.05, 0) is 24.1 Å². The van der Waals surface area contributed by atoms with Crippen LogP contribution in [-0.2, 0) is 13.5 Å². The molecule has 0 bridgehead atoms. The third-order valence-corrected chi connectivity index (χ3v) is 2.84. The fourth-order valence-electron chi connectivity index (χ4n) is 1.82. The van der Waals surface area contributed by atoms with Crippen LogP contribution in [0.5, 0.6) is 0 Å². The molecule has 18 heavy (non-hydrogen) atoms. The molecule has 2 rings (SSSR count). The van der Waals surface area contributed by atoms with Gasteiger partial charge in [0.15, 0.2) is 0 Å². The largest absolute Gasteiger partial charge is 0.383 e. The van der Waals surface area contributed by atoms with Gasteiger partial charge in [-0.1, -0.05) is 12.1 Å². The highest BCUT2D eigenvalue weighted by atomic mass is 19.1. The second-order valence-electron chi connectivity index (χ2n) is 4.21. The zero-order valence-corrected chi connectivity index (χ0v) is 10.2. The van der Waals surface area contributed by atoms with Crippen molar-refractivity contribution >= 4 is 5.82 Å². The highest BCUT2D eigenvalue weighted by Crippen LogP contribution is 2.20. The predicted octanol–water partition coefficient (Wildman–Crippen LogP) is 1.91. The van der Waals surface area contributed by atoms with E-state index >= 15 is 0 Å². The average Bonchev–Trinajstić information content (AvgIpc) is 2.58. The van der Waals surface area contributed by atoms with Crippen LogP contribution in [0, 0.1) is 24.1 Å². The van der Waals surface area contributed by atoms with Crippen LogP contribution in [0.25, 0.3) is 0 Å². The topological polar surface area (TPSA) is 67.6 Å². The Bertz CT molecular complexity index is 637. The van der Waals surface area contributed by atoms with E-state index < -0.39 is 0 Å². The molecule has 1 heterocycles. The molecule has 0 amide bonds. The molecule has 0 aliphatic carbocycles. The van der Waals surface area contributed by atoms with Crippen molar-refractivity contribution in [1.29, 1.82) is 5.26 Å². The van der Waals surface area contributed by atoms with E-state index in [0.29, 0.717) is 22.6 Å². The Morgan fingerprint density at radius 2 is 2.22 bits per heavy atom. The van der Waals surface area contributed by atoms with Crippen LogP contribution < -0.4 is 5.73 Å². The second kappa shape index (κ2) is 4.49. The Morgan fingerprint density at radius 3 is 2.83 bits per heavy atom. The number of rotatable bonds is 2. The van der Waals surface area contributed by atoms with Crippen molar-refractivity contribution in [1.82, 2.24) is 9.78 Å². The van der Waals surface area contributed by atoms with Gasteiger partial charge in [0.2, 0.25) is 0 Å². The van der Waals surface area contributed by atoms with Crippen LogP contribution in [0.15, 0.2) is 18.2 Å². The maximum Gasteiger partial charge on any atom is 0.139 e. The lowest BCUT2D eigenvalue weighted by Crippen LogP contribution is -1.98. The summed E-state index contributed by atoms with van der Waals surface area (Å²) in [6, 6.07) is 7.01. The number of nitrogens with zero attached hydrogens (tertiary/aromatic N) is 3. The SMILES string of the molecule is Cc1ccc(Cc2nn(C)c(N)c2C#N)c(F)c1. The lowest BCUT2D eigenvalue weighted by molar-refractivity contribution is 0.611. The molecule has 0 aliphatic rings. The molecule has 2 N–H and O–H groups in total. The molecule has 5 heteroatoms. The summed E-state index contributed by atoms with van der Waals surface area (Å²) in [5.74, 6) is 0.0168. The van der Waals surface area contributed by atoms with Crippen LogP contribution in [0.3, 0.4) is 0 Å². The first kappa shape index (κ1) is 12.1. The number of nitrogen functional groups attached to an aromatic ring is 1. The molecular weight excluding hydrogens is 231 g/mol. The lowest BCUT2D eigenvalue weighted by Gasteiger charge is -2.02. The van der Waals surface area contributed by atoms with Gasteiger partial charge in [-0.2, -0.15) is 10.4 Å². The molecule has 0 saturated carbocycles. The van der Waals surface area contributed by atoms with Crippen molar-refractivity contribution in [3.8, 4) is 6.07 Å². The third kappa shape index (κ3) is 2.05. The fourth-order valence-corrected chi connectivity index (χ4v) is 1.82. The molecule has 92 valence electrons. The van der Waals surface area contributed by atoms with E-state index in [1.54, 1.807) is 13.1 Å². The number of hydrogen-bond acceptors (Lipinski definition) is 3. The number of anilines is 1. The molecule has 0 aliphatic heterocycles. The molecule has 0 unspecified atom stereocenters. The summed E-state index contributed by atoms with van der Waals surface area (Å²) >= 11 is 0. The summed E-state index contributed by atoms with van der Waals surface area (Å²) in [5, 5.41) is 13.2. The maximum atomic E-state index is 13.7. The summed E-state index contributed by atoms with van der Waals surface area (Å²) < 4.78 is 15.2. The first-order chi connectivity index (χ1) is 8.52. The summed E-state index contributed by atoms with van der Waals surface area (Å²) in [6.45, 7) is 1.83. The summed E-state index contributed by atoms with van der Waals surface area (Å²) in [6.07, 6.45) is 0.264. The molecule has 1 aromatic carbocycles. The second-order valence-corrected chi connectivity index (χ2v) is 4.21. The van der Waals surface area contributed by atoms with E-state index in [0.717, 1.165) is 5.56 Å². The quantitative estimate of drug-likeness (QED) is 0.877. The zero-order valence-electron chi connectivity index (χ0n) is 10.2. The van der Waals surface area contributed by atoms with E-state index in [1.807, 2.05) is 19.1 Å². The van der Waals surface area contributed by atoms with Crippen LogP contribution in [0.4, 0.5) is 10.2 Å². The zero-order chi connectivity index (χ0) is 13.3. The number of hydrogen-bond donors (Lipinski definition) is 1. The van der Waals surface area contributed by atoms with Gasteiger partial charge in [-0.3, -0.25) is 4.68 Å². The minimum absolute atomic E-state index is 0.264. The molecule has 0 saturated heterocycles. The van der Waals surface area contributed by atoms with E-state index in [9.17, 15) is 4.39 Å². The Morgan fingerprint density at radius 1 is 1.50 bits per heavy atom. The number of nitriles is 1. The van der Waals surface area contributed by atoms with Crippen molar-refractivity contribution in [3.63, 3.8) is 0 Å². The molecule has 1 aromatic heterocycles. The van der Waals surface area contributed by atoms with Crippen LogP contribution in [0.1, 0.15) is 22.4 Å².